The average molecular weight is 325 g/mol. The molecule has 1 aromatic heterocycles. The first kappa shape index (κ1) is 16.4. The minimum Gasteiger partial charge on any atom is -0.351 e. The Morgan fingerprint density at radius 3 is 2.92 bits per heavy atom. The summed E-state index contributed by atoms with van der Waals surface area (Å²) in [4.78, 5) is 30.4. The van der Waals surface area contributed by atoms with Crippen LogP contribution in [0.25, 0.3) is 10.9 Å². The molecule has 0 unspecified atom stereocenters. The van der Waals surface area contributed by atoms with E-state index in [4.69, 9.17) is 0 Å². The van der Waals surface area contributed by atoms with E-state index in [9.17, 15) is 9.59 Å². The molecule has 5 nitrogen and oxygen atoms in total. The summed E-state index contributed by atoms with van der Waals surface area (Å²) in [5.41, 5.74) is 1.25. The van der Waals surface area contributed by atoms with Crippen molar-refractivity contribution in [1.82, 2.24) is 15.2 Å². The molecular formula is C19H23N3O2. The minimum absolute atomic E-state index is 0.164. The van der Waals surface area contributed by atoms with E-state index in [1.165, 1.54) is 0 Å². The van der Waals surface area contributed by atoms with Gasteiger partial charge in [-0.2, -0.15) is 0 Å². The number of hydrogen-bond donors (Lipinski definition) is 1. The second kappa shape index (κ2) is 7.90. The van der Waals surface area contributed by atoms with Crippen LogP contribution in [0.1, 0.15) is 42.6 Å². The summed E-state index contributed by atoms with van der Waals surface area (Å²) in [6, 6.07) is 11.4. The Morgan fingerprint density at radius 1 is 1.12 bits per heavy atom. The van der Waals surface area contributed by atoms with Gasteiger partial charge in [0.15, 0.2) is 0 Å². The topological polar surface area (TPSA) is 62.3 Å². The normalized spacial score (nSPS) is 15.3. The quantitative estimate of drug-likeness (QED) is 0.860. The summed E-state index contributed by atoms with van der Waals surface area (Å²) < 4.78 is 0. The van der Waals surface area contributed by atoms with Gasteiger partial charge in [-0.05, 0) is 31.4 Å². The van der Waals surface area contributed by atoms with Crippen LogP contribution in [0.2, 0.25) is 0 Å². The SMILES string of the molecule is O=C(NCCCN1CCCCCC1=O)c1ccc2ccccc2n1. The molecule has 24 heavy (non-hydrogen) atoms. The van der Waals surface area contributed by atoms with Crippen LogP contribution < -0.4 is 5.32 Å². The van der Waals surface area contributed by atoms with Gasteiger partial charge in [-0.3, -0.25) is 9.59 Å². The standard InChI is InChI=1S/C19H23N3O2/c23-18-9-2-1-5-13-22(18)14-6-12-20-19(24)17-11-10-15-7-3-4-8-16(15)21-17/h3-4,7-8,10-11H,1-2,5-6,9,12-14H2,(H,20,24). The van der Waals surface area contributed by atoms with Crippen LogP contribution in [-0.4, -0.2) is 41.3 Å². The highest BCUT2D eigenvalue weighted by Gasteiger charge is 2.16. The second-order valence-electron chi connectivity index (χ2n) is 6.19. The molecule has 1 N–H and O–H groups in total. The van der Waals surface area contributed by atoms with Crippen LogP contribution in [0.15, 0.2) is 36.4 Å². The van der Waals surface area contributed by atoms with Gasteiger partial charge in [0.2, 0.25) is 5.91 Å². The van der Waals surface area contributed by atoms with Gasteiger partial charge in [-0.25, -0.2) is 4.98 Å². The van der Waals surface area contributed by atoms with Gasteiger partial charge in [-0.1, -0.05) is 30.7 Å². The number of pyridine rings is 1. The van der Waals surface area contributed by atoms with E-state index in [-0.39, 0.29) is 11.8 Å². The van der Waals surface area contributed by atoms with Crippen molar-refractivity contribution >= 4 is 22.7 Å². The van der Waals surface area contributed by atoms with E-state index < -0.39 is 0 Å². The number of carbonyl (C=O) groups excluding carboxylic acids is 2. The molecular weight excluding hydrogens is 302 g/mol. The van der Waals surface area contributed by atoms with Crippen LogP contribution in [0.4, 0.5) is 0 Å². The summed E-state index contributed by atoms with van der Waals surface area (Å²) in [5, 5.41) is 3.92. The number of aromatic nitrogens is 1. The molecule has 0 saturated carbocycles. The smallest absolute Gasteiger partial charge is 0.269 e. The predicted octanol–water partition coefficient (Wildman–Crippen LogP) is 2.76. The van der Waals surface area contributed by atoms with Gasteiger partial charge in [0.05, 0.1) is 5.52 Å². The monoisotopic (exact) mass is 325 g/mol. The summed E-state index contributed by atoms with van der Waals surface area (Å²) in [7, 11) is 0. The zero-order valence-electron chi connectivity index (χ0n) is 13.8. The van der Waals surface area contributed by atoms with Gasteiger partial charge in [-0.15, -0.1) is 0 Å². The predicted molar refractivity (Wildman–Crippen MR) is 93.7 cm³/mol. The molecule has 5 heteroatoms. The van der Waals surface area contributed by atoms with Crippen molar-refractivity contribution in [3.8, 4) is 0 Å². The fourth-order valence-corrected chi connectivity index (χ4v) is 3.03. The maximum Gasteiger partial charge on any atom is 0.269 e. The zero-order chi connectivity index (χ0) is 16.8. The van der Waals surface area contributed by atoms with E-state index in [1.807, 2.05) is 35.2 Å². The molecule has 1 aliphatic rings. The lowest BCUT2D eigenvalue weighted by atomic mass is 10.2. The Kier molecular flexibility index (Phi) is 5.41. The first-order valence-corrected chi connectivity index (χ1v) is 8.66. The van der Waals surface area contributed by atoms with Crippen molar-refractivity contribution in [2.75, 3.05) is 19.6 Å². The van der Waals surface area contributed by atoms with Gasteiger partial charge < -0.3 is 10.2 Å². The maximum absolute atomic E-state index is 12.2. The van der Waals surface area contributed by atoms with Gasteiger partial charge in [0, 0.05) is 31.4 Å². The molecule has 0 radical (unpaired) electrons. The van der Waals surface area contributed by atoms with Crippen molar-refractivity contribution in [2.45, 2.75) is 32.1 Å². The number of nitrogens with zero attached hydrogens (tertiary/aromatic N) is 2. The zero-order valence-corrected chi connectivity index (χ0v) is 13.8. The van der Waals surface area contributed by atoms with E-state index >= 15 is 0 Å². The third-order valence-electron chi connectivity index (χ3n) is 4.39. The molecule has 2 heterocycles. The highest BCUT2D eigenvalue weighted by molar-refractivity contribution is 5.94. The molecule has 0 bridgehead atoms. The number of carbonyl (C=O) groups is 2. The Morgan fingerprint density at radius 2 is 2.00 bits per heavy atom. The molecule has 1 aliphatic heterocycles. The first-order valence-electron chi connectivity index (χ1n) is 8.66. The summed E-state index contributed by atoms with van der Waals surface area (Å²) in [5.74, 6) is 0.0815. The van der Waals surface area contributed by atoms with Crippen molar-refractivity contribution < 1.29 is 9.59 Å². The molecule has 126 valence electrons. The third-order valence-corrected chi connectivity index (χ3v) is 4.39. The minimum atomic E-state index is -0.164. The lowest BCUT2D eigenvalue weighted by Crippen LogP contribution is -2.34. The number of likely N-dealkylation sites (tertiary alicyclic amines) is 1. The lowest BCUT2D eigenvalue weighted by Gasteiger charge is -2.20. The molecule has 2 amide bonds. The molecule has 0 atom stereocenters. The van der Waals surface area contributed by atoms with E-state index in [1.54, 1.807) is 6.07 Å². The van der Waals surface area contributed by atoms with Crippen molar-refractivity contribution in [3.05, 3.63) is 42.1 Å². The largest absolute Gasteiger partial charge is 0.351 e. The summed E-state index contributed by atoms with van der Waals surface area (Å²) in [6.45, 7) is 2.11. The fraction of sp³-hybridized carbons (Fsp3) is 0.421. The maximum atomic E-state index is 12.2. The number of fused-ring (bicyclic) bond motifs is 1. The Labute approximate surface area is 142 Å². The Balaban J connectivity index is 1.48. The summed E-state index contributed by atoms with van der Waals surface area (Å²) >= 11 is 0. The van der Waals surface area contributed by atoms with E-state index in [2.05, 4.69) is 10.3 Å². The molecule has 1 aromatic carbocycles. The van der Waals surface area contributed by atoms with Gasteiger partial charge >= 0.3 is 0 Å². The molecule has 1 fully saturated rings. The van der Waals surface area contributed by atoms with Crippen molar-refractivity contribution in [1.29, 1.82) is 0 Å². The molecule has 2 aromatic rings. The highest BCUT2D eigenvalue weighted by Crippen LogP contribution is 2.12. The van der Waals surface area contributed by atoms with Crippen LogP contribution in [0, 0.1) is 0 Å². The van der Waals surface area contributed by atoms with Crippen LogP contribution in [0.3, 0.4) is 0 Å². The number of benzene rings is 1. The fourth-order valence-electron chi connectivity index (χ4n) is 3.03. The Hall–Kier alpha value is -2.43. The number of hydrogen-bond acceptors (Lipinski definition) is 3. The van der Waals surface area contributed by atoms with Crippen molar-refractivity contribution in [3.63, 3.8) is 0 Å². The molecule has 3 rings (SSSR count). The number of amides is 2. The van der Waals surface area contributed by atoms with Crippen LogP contribution >= 0.6 is 0 Å². The highest BCUT2D eigenvalue weighted by atomic mass is 16.2. The van der Waals surface area contributed by atoms with E-state index in [0.29, 0.717) is 25.2 Å². The number of nitrogens with one attached hydrogen (secondary N) is 1. The Bertz CT molecular complexity index is 729. The van der Waals surface area contributed by atoms with E-state index in [0.717, 1.165) is 43.1 Å². The molecule has 0 spiro atoms. The number of rotatable bonds is 5. The second-order valence-corrected chi connectivity index (χ2v) is 6.19. The molecule has 1 saturated heterocycles. The average Bonchev–Trinajstić information content (AvgIpc) is 2.82. The van der Waals surface area contributed by atoms with Gasteiger partial charge in [0.1, 0.15) is 5.69 Å². The summed E-state index contributed by atoms with van der Waals surface area (Å²) in [6.07, 6.45) is 4.64. The van der Waals surface area contributed by atoms with Crippen LogP contribution in [-0.2, 0) is 4.79 Å². The first-order chi connectivity index (χ1) is 11.7. The van der Waals surface area contributed by atoms with Crippen molar-refractivity contribution in [2.24, 2.45) is 0 Å². The lowest BCUT2D eigenvalue weighted by molar-refractivity contribution is -0.130. The number of para-hydroxylation sites is 1. The van der Waals surface area contributed by atoms with Gasteiger partial charge in [0.25, 0.3) is 5.91 Å². The third kappa shape index (κ3) is 4.10. The molecule has 0 aliphatic carbocycles. The van der Waals surface area contributed by atoms with Crippen LogP contribution in [0.5, 0.6) is 0 Å².